The van der Waals surface area contributed by atoms with Crippen molar-refractivity contribution in [2.75, 3.05) is 20.2 Å². The van der Waals surface area contributed by atoms with Crippen LogP contribution in [0.5, 0.6) is 5.75 Å². The van der Waals surface area contributed by atoms with Gasteiger partial charge in [-0.3, -0.25) is 0 Å². The van der Waals surface area contributed by atoms with Crippen LogP contribution in [0.15, 0.2) is 54.6 Å². The summed E-state index contributed by atoms with van der Waals surface area (Å²) >= 11 is 0. The van der Waals surface area contributed by atoms with Gasteiger partial charge in [0.2, 0.25) is 0 Å². The van der Waals surface area contributed by atoms with Gasteiger partial charge in [0.1, 0.15) is 5.75 Å². The quantitative estimate of drug-likeness (QED) is 0.368. The number of carbonyl (C=O) groups excluding carboxylic acids is 1. The van der Waals surface area contributed by atoms with Crippen molar-refractivity contribution in [3.63, 3.8) is 0 Å². The van der Waals surface area contributed by atoms with E-state index < -0.39 is 5.60 Å². The van der Waals surface area contributed by atoms with Crippen LogP contribution in [0.4, 0.5) is 4.79 Å². The summed E-state index contributed by atoms with van der Waals surface area (Å²) in [5, 5.41) is 11.6. The van der Waals surface area contributed by atoms with Crippen molar-refractivity contribution < 1.29 is 14.6 Å². The van der Waals surface area contributed by atoms with Crippen LogP contribution in [0.25, 0.3) is 0 Å². The second kappa shape index (κ2) is 11.5. The molecule has 5 nitrogen and oxygen atoms in total. The molecule has 1 atom stereocenters. The van der Waals surface area contributed by atoms with Gasteiger partial charge < -0.3 is 19.6 Å². The maximum atomic E-state index is 14.1. The zero-order valence-electron chi connectivity index (χ0n) is 24.3. The Bertz CT molecular complexity index is 1090. The van der Waals surface area contributed by atoms with Crippen LogP contribution in [-0.2, 0) is 12.0 Å². The SMILES string of the molecule is CCC(C)CC1(c2ccccc2)CCC2(CC1)CN(Cc1ccc(OC)cc1)C(=O)N2CC1(O)CCCCC1. The average molecular weight is 533 g/mol. The molecule has 0 aromatic heterocycles. The zero-order valence-corrected chi connectivity index (χ0v) is 24.3. The van der Waals surface area contributed by atoms with Gasteiger partial charge in [-0.25, -0.2) is 4.79 Å². The summed E-state index contributed by atoms with van der Waals surface area (Å²) in [6, 6.07) is 19.3. The minimum absolute atomic E-state index is 0.0963. The molecule has 2 aliphatic carbocycles. The Labute approximate surface area is 235 Å². The van der Waals surface area contributed by atoms with Crippen molar-refractivity contribution in [3.8, 4) is 5.75 Å². The maximum Gasteiger partial charge on any atom is 0.321 e. The first-order valence-corrected chi connectivity index (χ1v) is 15.3. The number of nitrogens with zero attached hydrogens (tertiary/aromatic N) is 2. The number of β-amino-alcohol motifs (C(OH)–C–C–N with tert-alkyl or cyclic N) is 1. The van der Waals surface area contributed by atoms with Crippen molar-refractivity contribution in [1.29, 1.82) is 0 Å². The second-order valence-electron chi connectivity index (χ2n) is 12.9. The van der Waals surface area contributed by atoms with Crippen molar-refractivity contribution in [2.24, 2.45) is 5.92 Å². The minimum atomic E-state index is -0.762. The largest absolute Gasteiger partial charge is 0.497 e. The van der Waals surface area contributed by atoms with Crippen molar-refractivity contribution in [2.45, 2.75) is 108 Å². The van der Waals surface area contributed by atoms with Gasteiger partial charge in [-0.15, -0.1) is 0 Å². The molecular weight excluding hydrogens is 484 g/mol. The van der Waals surface area contributed by atoms with E-state index in [0.29, 0.717) is 19.0 Å². The summed E-state index contributed by atoms with van der Waals surface area (Å²) in [5.74, 6) is 1.49. The van der Waals surface area contributed by atoms with E-state index in [2.05, 4.69) is 61.2 Å². The highest BCUT2D eigenvalue weighted by molar-refractivity contribution is 5.78. The molecule has 212 valence electrons. The standard InChI is InChI=1S/C34H48N2O3/c1-4-27(2)23-32(29-11-7-5-8-12-29)19-21-33(22-20-32)25-35(24-28-13-15-30(39-3)16-14-28)31(37)36(33)26-34(38)17-9-6-10-18-34/h5,7-8,11-16,27,38H,4,6,9-10,17-26H2,1-3H3. The van der Waals surface area contributed by atoms with Crippen LogP contribution in [0.1, 0.15) is 95.6 Å². The molecular formula is C34H48N2O3. The zero-order chi connectivity index (χ0) is 27.5. The molecule has 39 heavy (non-hydrogen) atoms. The maximum absolute atomic E-state index is 14.1. The van der Waals surface area contributed by atoms with Gasteiger partial charge in [0.25, 0.3) is 0 Å². The Hall–Kier alpha value is -2.53. The Morgan fingerprint density at radius 1 is 0.923 bits per heavy atom. The summed E-state index contributed by atoms with van der Waals surface area (Å²) in [7, 11) is 1.68. The summed E-state index contributed by atoms with van der Waals surface area (Å²) < 4.78 is 5.34. The number of rotatable bonds is 9. The second-order valence-corrected chi connectivity index (χ2v) is 12.9. The summed E-state index contributed by atoms with van der Waals surface area (Å²) in [4.78, 5) is 18.3. The lowest BCUT2D eigenvalue weighted by atomic mass is 9.60. The van der Waals surface area contributed by atoms with Gasteiger partial charge in [-0.2, -0.15) is 0 Å². The number of hydrogen-bond donors (Lipinski definition) is 1. The molecule has 0 bridgehead atoms. The van der Waals surface area contributed by atoms with Crippen molar-refractivity contribution in [3.05, 3.63) is 65.7 Å². The van der Waals surface area contributed by atoms with E-state index in [9.17, 15) is 9.90 Å². The number of carbonyl (C=O) groups is 1. The molecule has 1 saturated heterocycles. The molecule has 1 aliphatic heterocycles. The lowest BCUT2D eigenvalue weighted by Gasteiger charge is -2.50. The summed E-state index contributed by atoms with van der Waals surface area (Å²) in [5.41, 5.74) is 1.74. The first kappa shape index (κ1) is 28.0. The number of amides is 2. The molecule has 2 aromatic rings. The molecule has 2 aromatic carbocycles. The van der Waals surface area contributed by atoms with Gasteiger partial charge in [-0.05, 0) is 79.5 Å². The highest BCUT2D eigenvalue weighted by Gasteiger charge is 2.55. The fraction of sp³-hybridized carbons (Fsp3) is 0.618. The van der Waals surface area contributed by atoms with Gasteiger partial charge in [0.15, 0.2) is 0 Å². The van der Waals surface area contributed by atoms with Gasteiger partial charge in [0.05, 0.1) is 24.8 Å². The molecule has 5 heteroatoms. The normalized spacial score (nSPS) is 27.6. The third-order valence-corrected chi connectivity index (χ3v) is 10.3. The van der Waals surface area contributed by atoms with Crippen molar-refractivity contribution >= 4 is 6.03 Å². The van der Waals surface area contributed by atoms with Gasteiger partial charge >= 0.3 is 6.03 Å². The molecule has 0 radical (unpaired) electrons. The van der Waals surface area contributed by atoms with Crippen molar-refractivity contribution in [1.82, 2.24) is 9.80 Å². The number of aliphatic hydroxyl groups is 1. The van der Waals surface area contributed by atoms with E-state index in [1.165, 1.54) is 24.8 Å². The molecule has 3 fully saturated rings. The fourth-order valence-electron chi connectivity index (χ4n) is 7.69. The van der Waals surface area contributed by atoms with Crippen LogP contribution in [-0.4, -0.2) is 52.3 Å². The number of hydrogen-bond acceptors (Lipinski definition) is 3. The van der Waals surface area contributed by atoms with Crippen LogP contribution in [0.3, 0.4) is 0 Å². The molecule has 2 amide bonds. The molecule has 1 N–H and O–H groups in total. The Balaban J connectivity index is 1.42. The fourth-order valence-corrected chi connectivity index (χ4v) is 7.69. The molecule has 5 rings (SSSR count). The van der Waals surface area contributed by atoms with Crippen LogP contribution >= 0.6 is 0 Å². The predicted octanol–water partition coefficient (Wildman–Crippen LogP) is 7.32. The third kappa shape index (κ3) is 5.84. The molecule has 2 saturated carbocycles. The number of benzene rings is 2. The molecule has 3 aliphatic rings. The van der Waals surface area contributed by atoms with Gasteiger partial charge in [-0.1, -0.05) is 82.0 Å². The monoisotopic (exact) mass is 532 g/mol. The van der Waals surface area contributed by atoms with E-state index >= 15 is 0 Å². The lowest BCUT2D eigenvalue weighted by Crippen LogP contribution is -2.57. The Kier molecular flexibility index (Phi) is 8.28. The molecule has 1 unspecified atom stereocenters. The molecule has 1 heterocycles. The van der Waals surface area contributed by atoms with Crippen LogP contribution in [0.2, 0.25) is 0 Å². The third-order valence-electron chi connectivity index (χ3n) is 10.3. The predicted molar refractivity (Wildman–Crippen MR) is 157 cm³/mol. The highest BCUT2D eigenvalue weighted by Crippen LogP contribution is 2.51. The first-order valence-electron chi connectivity index (χ1n) is 15.3. The minimum Gasteiger partial charge on any atom is -0.497 e. The average Bonchev–Trinajstić information content (AvgIpc) is 3.20. The highest BCUT2D eigenvalue weighted by atomic mass is 16.5. The topological polar surface area (TPSA) is 53.0 Å². The van der Waals surface area contributed by atoms with E-state index in [1.807, 2.05) is 17.0 Å². The van der Waals surface area contributed by atoms with E-state index in [0.717, 1.165) is 69.2 Å². The number of methoxy groups -OCH3 is 1. The van der Waals surface area contributed by atoms with Crippen LogP contribution < -0.4 is 4.74 Å². The smallest absolute Gasteiger partial charge is 0.321 e. The summed E-state index contributed by atoms with van der Waals surface area (Å²) in [6.07, 6.45) is 11.4. The Morgan fingerprint density at radius 3 is 2.21 bits per heavy atom. The summed E-state index contributed by atoms with van der Waals surface area (Å²) in [6.45, 7) is 6.48. The van der Waals surface area contributed by atoms with Gasteiger partial charge in [0, 0.05) is 13.1 Å². The number of ether oxygens (including phenoxy) is 1. The number of urea groups is 1. The van der Waals surface area contributed by atoms with E-state index in [1.54, 1.807) is 7.11 Å². The lowest BCUT2D eigenvalue weighted by molar-refractivity contribution is -0.0410. The Morgan fingerprint density at radius 2 is 1.59 bits per heavy atom. The van der Waals surface area contributed by atoms with Crippen LogP contribution in [0, 0.1) is 5.92 Å². The van der Waals surface area contributed by atoms with E-state index in [-0.39, 0.29) is 17.0 Å². The first-order chi connectivity index (χ1) is 18.8. The van der Waals surface area contributed by atoms with E-state index in [4.69, 9.17) is 4.74 Å². The molecule has 1 spiro atoms.